The second-order valence-electron chi connectivity index (χ2n) is 6.17. The highest BCUT2D eigenvalue weighted by Crippen LogP contribution is 2.37. The quantitative estimate of drug-likeness (QED) is 0.418. The molecule has 0 unspecified atom stereocenters. The Morgan fingerprint density at radius 2 is 2.04 bits per heavy atom. The topological polar surface area (TPSA) is 65.1 Å². The first-order valence-electron chi connectivity index (χ1n) is 8.22. The van der Waals surface area contributed by atoms with E-state index in [4.69, 9.17) is 4.98 Å². The summed E-state index contributed by atoms with van der Waals surface area (Å²) in [6.45, 7) is 0. The third kappa shape index (κ3) is 2.60. The average molecular weight is 349 g/mol. The van der Waals surface area contributed by atoms with E-state index in [0.717, 1.165) is 29.2 Å². The summed E-state index contributed by atoms with van der Waals surface area (Å²) in [6.07, 6.45) is 7.72. The summed E-state index contributed by atoms with van der Waals surface area (Å²) < 4.78 is 3.76. The number of rotatable bonds is 4. The van der Waals surface area contributed by atoms with Crippen molar-refractivity contribution in [3.05, 3.63) is 65.0 Å². The Balaban J connectivity index is 1.53. The summed E-state index contributed by atoms with van der Waals surface area (Å²) in [5.74, 6) is 1.34. The number of fused-ring (bicyclic) bond motifs is 2. The molecule has 1 fully saturated rings. The van der Waals surface area contributed by atoms with Crippen LogP contribution in [0, 0.1) is 0 Å². The van der Waals surface area contributed by atoms with E-state index in [1.165, 1.54) is 0 Å². The summed E-state index contributed by atoms with van der Waals surface area (Å²) in [4.78, 5) is 26.4. The molecule has 6 nitrogen and oxygen atoms in total. The van der Waals surface area contributed by atoms with Crippen LogP contribution in [0.15, 0.2) is 58.9 Å². The number of nitrogens with zero attached hydrogens (tertiary/aromatic N) is 5. The molecule has 0 aliphatic heterocycles. The van der Waals surface area contributed by atoms with E-state index in [-0.39, 0.29) is 11.6 Å². The van der Waals surface area contributed by atoms with Crippen molar-refractivity contribution in [2.45, 2.75) is 29.8 Å². The molecular formula is C18H15N5OS. The van der Waals surface area contributed by atoms with Gasteiger partial charge in [-0.3, -0.25) is 13.8 Å². The second kappa shape index (κ2) is 5.70. The van der Waals surface area contributed by atoms with Gasteiger partial charge in [-0.1, -0.05) is 23.9 Å². The first-order valence-corrected chi connectivity index (χ1v) is 9.21. The number of para-hydroxylation sites is 1. The summed E-state index contributed by atoms with van der Waals surface area (Å²) >= 11 is 1.56. The third-order valence-electron chi connectivity index (χ3n) is 4.32. The maximum atomic E-state index is 12.9. The van der Waals surface area contributed by atoms with Crippen LogP contribution in [0.1, 0.15) is 24.6 Å². The minimum absolute atomic E-state index is 0.0623. The van der Waals surface area contributed by atoms with Gasteiger partial charge in [-0.2, -0.15) is 0 Å². The van der Waals surface area contributed by atoms with E-state index < -0.39 is 0 Å². The fourth-order valence-corrected chi connectivity index (χ4v) is 3.92. The monoisotopic (exact) mass is 349 g/mol. The largest absolute Gasteiger partial charge is 0.291 e. The lowest BCUT2D eigenvalue weighted by molar-refractivity contribution is 0.618. The maximum Gasteiger partial charge on any atom is 0.262 e. The number of aromatic nitrogens is 5. The van der Waals surface area contributed by atoms with E-state index in [0.29, 0.717) is 16.9 Å². The lowest BCUT2D eigenvalue weighted by Gasteiger charge is -2.11. The predicted molar refractivity (Wildman–Crippen MR) is 96.8 cm³/mol. The van der Waals surface area contributed by atoms with E-state index in [2.05, 4.69) is 9.97 Å². The zero-order valence-electron chi connectivity index (χ0n) is 13.4. The minimum Gasteiger partial charge on any atom is -0.291 e. The molecule has 25 heavy (non-hydrogen) atoms. The zero-order valence-corrected chi connectivity index (χ0v) is 14.2. The summed E-state index contributed by atoms with van der Waals surface area (Å²) in [5.41, 5.74) is 1.74. The summed E-state index contributed by atoms with van der Waals surface area (Å²) in [5, 5.41) is 1.46. The van der Waals surface area contributed by atoms with Gasteiger partial charge in [0.15, 0.2) is 5.16 Å². The number of thioether (sulfide) groups is 1. The molecule has 0 saturated heterocycles. The number of benzene rings is 1. The van der Waals surface area contributed by atoms with Crippen molar-refractivity contribution in [3.63, 3.8) is 0 Å². The normalized spacial score (nSPS) is 14.4. The Morgan fingerprint density at radius 1 is 1.16 bits per heavy atom. The summed E-state index contributed by atoms with van der Waals surface area (Å²) in [7, 11) is 0. The molecule has 3 heterocycles. The standard InChI is InChI=1S/C18H15N5OS/c24-16-14-4-1-2-5-15(14)21-18(23(16)13-6-7-13)25-11-12-10-22-9-3-8-19-17(22)20-12/h1-5,8-10,13H,6-7,11H2. The van der Waals surface area contributed by atoms with E-state index >= 15 is 0 Å². The average Bonchev–Trinajstić information content (AvgIpc) is 3.38. The van der Waals surface area contributed by atoms with Crippen molar-refractivity contribution in [3.8, 4) is 0 Å². The molecule has 0 N–H and O–H groups in total. The lowest BCUT2D eigenvalue weighted by atomic mass is 10.2. The van der Waals surface area contributed by atoms with Gasteiger partial charge in [0, 0.05) is 30.4 Å². The van der Waals surface area contributed by atoms with Crippen LogP contribution in [-0.2, 0) is 5.75 Å². The van der Waals surface area contributed by atoms with Crippen LogP contribution in [-0.4, -0.2) is 23.9 Å². The Kier molecular flexibility index (Phi) is 3.34. The molecule has 1 aromatic carbocycles. The maximum absolute atomic E-state index is 12.9. The van der Waals surface area contributed by atoms with Crippen LogP contribution >= 0.6 is 11.8 Å². The van der Waals surface area contributed by atoms with Crippen molar-refractivity contribution in [2.24, 2.45) is 0 Å². The van der Waals surface area contributed by atoms with Gasteiger partial charge in [-0.05, 0) is 31.0 Å². The molecule has 0 spiro atoms. The first kappa shape index (κ1) is 14.7. The van der Waals surface area contributed by atoms with Crippen molar-refractivity contribution < 1.29 is 0 Å². The Morgan fingerprint density at radius 3 is 2.88 bits per heavy atom. The van der Waals surface area contributed by atoms with E-state index in [9.17, 15) is 4.79 Å². The van der Waals surface area contributed by atoms with Gasteiger partial charge in [-0.15, -0.1) is 0 Å². The number of imidazole rings is 1. The van der Waals surface area contributed by atoms with Gasteiger partial charge < -0.3 is 0 Å². The molecule has 1 aliphatic rings. The van der Waals surface area contributed by atoms with Gasteiger partial charge >= 0.3 is 0 Å². The molecule has 0 amide bonds. The van der Waals surface area contributed by atoms with E-state index in [1.54, 1.807) is 18.0 Å². The number of hydrogen-bond acceptors (Lipinski definition) is 5. The van der Waals surface area contributed by atoms with Crippen LogP contribution in [0.4, 0.5) is 0 Å². The molecule has 0 bridgehead atoms. The summed E-state index contributed by atoms with van der Waals surface area (Å²) in [6, 6.07) is 9.71. The second-order valence-corrected chi connectivity index (χ2v) is 7.11. The van der Waals surface area contributed by atoms with Crippen molar-refractivity contribution in [1.29, 1.82) is 0 Å². The molecule has 3 aromatic heterocycles. The fourth-order valence-electron chi connectivity index (χ4n) is 2.97. The van der Waals surface area contributed by atoms with Crippen LogP contribution < -0.4 is 5.56 Å². The Bertz CT molecular complexity index is 1110. The molecule has 1 saturated carbocycles. The van der Waals surface area contributed by atoms with Crippen LogP contribution in [0.5, 0.6) is 0 Å². The van der Waals surface area contributed by atoms with Crippen LogP contribution in [0.3, 0.4) is 0 Å². The van der Waals surface area contributed by atoms with Gasteiger partial charge in [0.1, 0.15) is 0 Å². The molecule has 124 valence electrons. The smallest absolute Gasteiger partial charge is 0.262 e. The number of hydrogen-bond donors (Lipinski definition) is 0. The minimum atomic E-state index is 0.0623. The predicted octanol–water partition coefficient (Wildman–Crippen LogP) is 3.07. The van der Waals surface area contributed by atoms with Gasteiger partial charge in [0.05, 0.1) is 16.6 Å². The zero-order chi connectivity index (χ0) is 16.8. The molecule has 1 aliphatic carbocycles. The molecule has 7 heteroatoms. The van der Waals surface area contributed by atoms with Gasteiger partial charge in [-0.25, -0.2) is 15.0 Å². The highest BCUT2D eigenvalue weighted by Gasteiger charge is 2.28. The molecule has 0 radical (unpaired) electrons. The fraction of sp³-hybridized carbons (Fsp3) is 0.222. The molecular weight excluding hydrogens is 334 g/mol. The van der Waals surface area contributed by atoms with Crippen molar-refractivity contribution in [1.82, 2.24) is 23.9 Å². The molecule has 5 rings (SSSR count). The van der Waals surface area contributed by atoms with Crippen LogP contribution in [0.25, 0.3) is 16.7 Å². The van der Waals surface area contributed by atoms with Crippen molar-refractivity contribution in [2.75, 3.05) is 0 Å². The highest BCUT2D eigenvalue weighted by atomic mass is 32.2. The van der Waals surface area contributed by atoms with E-state index in [1.807, 2.05) is 51.7 Å². The first-order chi connectivity index (χ1) is 12.3. The Hall–Kier alpha value is -2.67. The van der Waals surface area contributed by atoms with Gasteiger partial charge in [0.25, 0.3) is 5.56 Å². The SMILES string of the molecule is O=c1c2ccccc2nc(SCc2cn3cccnc3n2)n1C1CC1. The molecule has 0 atom stereocenters. The van der Waals surface area contributed by atoms with Crippen molar-refractivity contribution >= 4 is 28.4 Å². The Labute approximate surface area is 147 Å². The van der Waals surface area contributed by atoms with Gasteiger partial charge in [0.2, 0.25) is 5.78 Å². The highest BCUT2D eigenvalue weighted by molar-refractivity contribution is 7.98. The third-order valence-corrected chi connectivity index (χ3v) is 5.31. The molecule has 4 aromatic rings. The lowest BCUT2D eigenvalue weighted by Crippen LogP contribution is -2.22. The van der Waals surface area contributed by atoms with Crippen LogP contribution in [0.2, 0.25) is 0 Å².